The Labute approximate surface area is 236 Å². The summed E-state index contributed by atoms with van der Waals surface area (Å²) < 4.78 is 0. The van der Waals surface area contributed by atoms with Gasteiger partial charge in [-0.1, -0.05) is 102 Å². The van der Waals surface area contributed by atoms with Crippen LogP contribution >= 0.6 is 0 Å². The lowest BCUT2D eigenvalue weighted by atomic mass is 10.2. The van der Waals surface area contributed by atoms with Crippen molar-refractivity contribution in [3.63, 3.8) is 0 Å². The minimum atomic E-state index is 0.676. The first kappa shape index (κ1) is 31.4. The number of rotatable bonds is 6. The van der Waals surface area contributed by atoms with Gasteiger partial charge in [-0.15, -0.1) is 0 Å². The molecular formula is C30H40N10. The maximum Gasteiger partial charge on any atom is 0.182 e. The number of nitrogens with one attached hydrogen (secondary N) is 4. The lowest BCUT2D eigenvalue weighted by Gasteiger charge is -2.05. The van der Waals surface area contributed by atoms with Crippen LogP contribution in [-0.2, 0) is 13.1 Å². The van der Waals surface area contributed by atoms with Crippen molar-refractivity contribution in [1.82, 2.24) is 39.9 Å². The quantitative estimate of drug-likeness (QED) is 0.177. The molecule has 4 aromatic heterocycles. The van der Waals surface area contributed by atoms with Gasteiger partial charge in [0, 0.05) is 13.1 Å². The number of aromatic amines is 2. The molecule has 0 spiro atoms. The molecule has 0 aliphatic heterocycles. The Bertz CT molecular complexity index is 1350. The second kappa shape index (κ2) is 18.4. The van der Waals surface area contributed by atoms with E-state index in [-0.39, 0.29) is 0 Å². The minimum absolute atomic E-state index is 0.676. The summed E-state index contributed by atoms with van der Waals surface area (Å²) >= 11 is 0. The molecule has 210 valence electrons. The zero-order valence-electron chi connectivity index (χ0n) is 24.2. The van der Waals surface area contributed by atoms with E-state index in [1.54, 1.807) is 12.7 Å². The van der Waals surface area contributed by atoms with Gasteiger partial charge in [-0.25, -0.2) is 29.9 Å². The van der Waals surface area contributed by atoms with Crippen LogP contribution in [0, 0.1) is 0 Å². The van der Waals surface area contributed by atoms with Crippen molar-refractivity contribution in [2.24, 2.45) is 0 Å². The number of aromatic nitrogens is 8. The van der Waals surface area contributed by atoms with Gasteiger partial charge in [0.15, 0.2) is 22.9 Å². The van der Waals surface area contributed by atoms with Crippen LogP contribution in [0.25, 0.3) is 22.3 Å². The molecule has 0 saturated heterocycles. The molecule has 2 aromatic carbocycles. The Kier molecular flexibility index (Phi) is 14.4. The van der Waals surface area contributed by atoms with Gasteiger partial charge in [0.05, 0.1) is 12.7 Å². The molecule has 0 aliphatic rings. The first-order chi connectivity index (χ1) is 19.9. The van der Waals surface area contributed by atoms with Crippen molar-refractivity contribution in [1.29, 1.82) is 0 Å². The molecule has 4 N–H and O–H groups in total. The summed E-state index contributed by atoms with van der Waals surface area (Å²) in [5, 5.41) is 6.54. The van der Waals surface area contributed by atoms with E-state index in [0.717, 1.165) is 35.8 Å². The Balaban J connectivity index is 0.000000237. The highest BCUT2D eigenvalue weighted by Crippen LogP contribution is 2.16. The van der Waals surface area contributed by atoms with Crippen molar-refractivity contribution in [3.05, 3.63) is 97.1 Å². The molecular weight excluding hydrogens is 500 g/mol. The molecule has 10 nitrogen and oxygen atoms in total. The molecule has 0 bridgehead atoms. The predicted octanol–water partition coefficient (Wildman–Crippen LogP) is 7.01. The van der Waals surface area contributed by atoms with E-state index in [1.807, 2.05) is 77.9 Å². The first-order valence-electron chi connectivity index (χ1n) is 13.7. The third-order valence-corrected chi connectivity index (χ3v) is 5.05. The Morgan fingerprint density at radius 3 is 1.25 bits per heavy atom. The zero-order valence-corrected chi connectivity index (χ0v) is 24.2. The molecule has 6 aromatic rings. The van der Waals surface area contributed by atoms with Gasteiger partial charge < -0.3 is 20.6 Å². The van der Waals surface area contributed by atoms with E-state index < -0.39 is 0 Å². The summed E-state index contributed by atoms with van der Waals surface area (Å²) in [6.07, 6.45) is 6.26. The smallest absolute Gasteiger partial charge is 0.182 e. The van der Waals surface area contributed by atoms with Gasteiger partial charge >= 0.3 is 0 Å². The maximum atomic E-state index is 4.20. The monoisotopic (exact) mass is 540 g/mol. The molecule has 0 aliphatic carbocycles. The van der Waals surface area contributed by atoms with E-state index in [1.165, 1.54) is 23.8 Å². The number of hydrogen-bond donors (Lipinski definition) is 4. The number of hydrogen-bond acceptors (Lipinski definition) is 8. The van der Waals surface area contributed by atoms with Gasteiger partial charge in [0.2, 0.25) is 0 Å². The van der Waals surface area contributed by atoms with Crippen LogP contribution in [-0.4, -0.2) is 39.9 Å². The molecule has 0 saturated carbocycles. The third kappa shape index (κ3) is 9.16. The van der Waals surface area contributed by atoms with Crippen LogP contribution in [0.3, 0.4) is 0 Å². The summed E-state index contributed by atoms with van der Waals surface area (Å²) in [6, 6.07) is 20.3. The molecule has 4 heterocycles. The highest BCUT2D eigenvalue weighted by atomic mass is 15.1. The van der Waals surface area contributed by atoms with Gasteiger partial charge in [-0.3, -0.25) is 0 Å². The summed E-state index contributed by atoms with van der Waals surface area (Å²) in [5.74, 6) is 1.55. The SMILES string of the molecule is CC.CC.CC.c1ccc(CNc2ncnc3nc[nH]c23)cc1.c1ccc(CNc2ncnc3nc[nH]c23)cc1. The molecule has 0 amide bonds. The van der Waals surface area contributed by atoms with Crippen LogP contribution in [0.2, 0.25) is 0 Å². The first-order valence-corrected chi connectivity index (χ1v) is 13.7. The standard InChI is InChI=1S/2C12H11N5.3C2H6/c2*1-2-4-9(5-3-1)6-13-11-10-12(15-7-14-10)17-8-16-11;3*1-2/h2*1-5,7-8H,6H2,(H2,13,14,15,16,17);3*1-2H3. The third-order valence-electron chi connectivity index (χ3n) is 5.05. The van der Waals surface area contributed by atoms with E-state index >= 15 is 0 Å². The Morgan fingerprint density at radius 1 is 0.500 bits per heavy atom. The van der Waals surface area contributed by atoms with Gasteiger partial charge in [-0.2, -0.15) is 0 Å². The summed E-state index contributed by atoms with van der Waals surface area (Å²) in [4.78, 5) is 30.8. The molecule has 0 radical (unpaired) electrons. The van der Waals surface area contributed by atoms with E-state index in [4.69, 9.17) is 0 Å². The Morgan fingerprint density at radius 2 is 0.875 bits per heavy atom. The molecule has 0 fully saturated rings. The highest BCUT2D eigenvalue weighted by Gasteiger charge is 2.05. The van der Waals surface area contributed by atoms with Crippen LogP contribution in [0.5, 0.6) is 0 Å². The molecule has 6 rings (SSSR count). The summed E-state index contributed by atoms with van der Waals surface area (Å²) in [7, 11) is 0. The zero-order chi connectivity index (χ0) is 29.0. The Hall–Kier alpha value is -4.86. The molecule has 0 atom stereocenters. The van der Waals surface area contributed by atoms with E-state index in [2.05, 4.69) is 74.8 Å². The normalized spacial score (nSPS) is 9.45. The fourth-order valence-corrected chi connectivity index (χ4v) is 3.36. The van der Waals surface area contributed by atoms with Gasteiger partial charge in [0.25, 0.3) is 0 Å². The van der Waals surface area contributed by atoms with Crippen LogP contribution in [0.1, 0.15) is 52.7 Å². The van der Waals surface area contributed by atoms with E-state index in [9.17, 15) is 0 Å². The number of nitrogens with zero attached hydrogens (tertiary/aromatic N) is 6. The molecule has 40 heavy (non-hydrogen) atoms. The largest absolute Gasteiger partial charge is 0.364 e. The van der Waals surface area contributed by atoms with Crippen molar-refractivity contribution in [3.8, 4) is 0 Å². The average Bonchev–Trinajstić information content (AvgIpc) is 3.74. The number of imidazole rings is 2. The van der Waals surface area contributed by atoms with Crippen molar-refractivity contribution in [2.45, 2.75) is 54.6 Å². The number of benzene rings is 2. The van der Waals surface area contributed by atoms with Gasteiger partial charge in [-0.05, 0) is 11.1 Å². The second-order valence-corrected chi connectivity index (χ2v) is 7.33. The fourth-order valence-electron chi connectivity index (χ4n) is 3.36. The summed E-state index contributed by atoms with van der Waals surface area (Å²) in [5.41, 5.74) is 5.44. The molecule has 0 unspecified atom stereocenters. The van der Waals surface area contributed by atoms with Gasteiger partial charge in [0.1, 0.15) is 23.7 Å². The van der Waals surface area contributed by atoms with Crippen LogP contribution in [0.4, 0.5) is 11.6 Å². The summed E-state index contributed by atoms with van der Waals surface area (Å²) in [6.45, 7) is 13.5. The topological polar surface area (TPSA) is 133 Å². The second-order valence-electron chi connectivity index (χ2n) is 7.33. The fraction of sp³-hybridized carbons (Fsp3) is 0.267. The lowest BCUT2D eigenvalue weighted by molar-refractivity contribution is 1.10. The van der Waals surface area contributed by atoms with Crippen molar-refractivity contribution in [2.75, 3.05) is 10.6 Å². The van der Waals surface area contributed by atoms with Crippen molar-refractivity contribution < 1.29 is 0 Å². The van der Waals surface area contributed by atoms with E-state index in [0.29, 0.717) is 11.3 Å². The average molecular weight is 541 g/mol. The maximum absolute atomic E-state index is 4.20. The molecule has 10 heteroatoms. The van der Waals surface area contributed by atoms with Crippen LogP contribution in [0.15, 0.2) is 86.0 Å². The lowest BCUT2D eigenvalue weighted by Crippen LogP contribution is -2.02. The predicted molar refractivity (Wildman–Crippen MR) is 165 cm³/mol. The number of H-pyrrole nitrogens is 2. The highest BCUT2D eigenvalue weighted by molar-refractivity contribution is 5.82. The minimum Gasteiger partial charge on any atom is -0.364 e. The number of fused-ring (bicyclic) bond motifs is 2. The van der Waals surface area contributed by atoms with Crippen molar-refractivity contribution >= 4 is 34.0 Å². The number of anilines is 2. The van der Waals surface area contributed by atoms with Crippen LogP contribution < -0.4 is 10.6 Å².